The second-order valence-corrected chi connectivity index (χ2v) is 8.28. The number of hydrogen-bond acceptors (Lipinski definition) is 6. The van der Waals surface area contributed by atoms with E-state index in [1.54, 1.807) is 45.5 Å². The fraction of sp³-hybridized carbons (Fsp3) is 0.160. The molecule has 3 aromatic carbocycles. The molecular weight excluding hydrogens is 438 g/mol. The Hall–Kier alpha value is -3.91. The summed E-state index contributed by atoms with van der Waals surface area (Å²) in [7, 11) is 4.95. The minimum Gasteiger partial charge on any atom is -0.496 e. The molecule has 7 nitrogen and oxygen atoms in total. The van der Waals surface area contributed by atoms with Gasteiger partial charge in [-0.15, -0.1) is 11.3 Å². The first-order chi connectivity index (χ1) is 16.0. The number of carbonyl (C=O) groups is 2. The van der Waals surface area contributed by atoms with Gasteiger partial charge in [0.2, 0.25) is 0 Å². The smallest absolute Gasteiger partial charge is 0.261 e. The maximum Gasteiger partial charge on any atom is 0.261 e. The van der Waals surface area contributed by atoms with Crippen LogP contribution in [0.15, 0.2) is 66.0 Å². The Bertz CT molecular complexity index is 1320. The molecule has 2 amide bonds. The van der Waals surface area contributed by atoms with Crippen molar-refractivity contribution in [2.45, 2.75) is 0 Å². The Morgan fingerprint density at radius 2 is 1.70 bits per heavy atom. The lowest BCUT2D eigenvalue weighted by atomic mass is 10.0. The number of likely N-dealkylation sites (N-methyl/N-ethyl adjacent to an activating group) is 1. The molecule has 0 saturated heterocycles. The number of hydrogen-bond donors (Lipinski definition) is 1. The van der Waals surface area contributed by atoms with Crippen molar-refractivity contribution in [3.63, 3.8) is 0 Å². The molecule has 1 N–H and O–H groups in total. The monoisotopic (exact) mass is 461 g/mol. The highest BCUT2D eigenvalue weighted by Gasteiger charge is 2.17. The number of carbonyl (C=O) groups excluding carboxylic acids is 2. The predicted octanol–water partition coefficient (Wildman–Crippen LogP) is 4.69. The number of rotatable bonds is 7. The number of ether oxygens (including phenoxy) is 2. The fourth-order valence-electron chi connectivity index (χ4n) is 3.34. The van der Waals surface area contributed by atoms with Crippen molar-refractivity contribution in [3.8, 4) is 22.8 Å². The zero-order valence-electron chi connectivity index (χ0n) is 18.5. The van der Waals surface area contributed by atoms with E-state index in [0.29, 0.717) is 16.4 Å². The van der Waals surface area contributed by atoms with E-state index in [-0.39, 0.29) is 18.4 Å². The van der Waals surface area contributed by atoms with E-state index in [0.717, 1.165) is 27.8 Å². The number of nitrogens with zero attached hydrogens (tertiary/aromatic N) is 2. The summed E-state index contributed by atoms with van der Waals surface area (Å²) in [4.78, 5) is 30.8. The molecule has 0 aliphatic carbocycles. The van der Waals surface area contributed by atoms with E-state index in [1.165, 1.54) is 16.2 Å². The van der Waals surface area contributed by atoms with Gasteiger partial charge in [-0.1, -0.05) is 36.4 Å². The molecule has 0 aliphatic rings. The fourth-order valence-corrected chi connectivity index (χ4v) is 4.05. The van der Waals surface area contributed by atoms with Crippen molar-refractivity contribution in [3.05, 3.63) is 71.6 Å². The summed E-state index contributed by atoms with van der Waals surface area (Å²) in [5.41, 5.74) is 2.04. The molecule has 8 heteroatoms. The van der Waals surface area contributed by atoms with Crippen LogP contribution in [-0.4, -0.2) is 49.5 Å². The molecule has 0 bridgehead atoms. The molecule has 0 unspecified atom stereocenters. The van der Waals surface area contributed by atoms with Gasteiger partial charge in [0, 0.05) is 30.4 Å². The van der Waals surface area contributed by atoms with E-state index in [1.807, 2.05) is 41.8 Å². The number of benzene rings is 3. The molecule has 168 valence electrons. The summed E-state index contributed by atoms with van der Waals surface area (Å²) < 4.78 is 11.1. The summed E-state index contributed by atoms with van der Waals surface area (Å²) in [5, 5.41) is 7.22. The first-order valence-corrected chi connectivity index (χ1v) is 11.1. The Balaban J connectivity index is 1.55. The van der Waals surface area contributed by atoms with Gasteiger partial charge < -0.3 is 14.4 Å². The summed E-state index contributed by atoms with van der Waals surface area (Å²) >= 11 is 1.34. The van der Waals surface area contributed by atoms with Gasteiger partial charge in [-0.2, -0.15) is 0 Å². The predicted molar refractivity (Wildman–Crippen MR) is 130 cm³/mol. The van der Waals surface area contributed by atoms with Crippen LogP contribution in [0.1, 0.15) is 10.4 Å². The maximum atomic E-state index is 12.9. The number of anilines is 1. The molecule has 1 aromatic heterocycles. The van der Waals surface area contributed by atoms with Crippen LogP contribution < -0.4 is 14.8 Å². The third-order valence-electron chi connectivity index (χ3n) is 5.09. The summed E-state index contributed by atoms with van der Waals surface area (Å²) in [6.07, 6.45) is 0. The lowest BCUT2D eigenvalue weighted by Crippen LogP contribution is -2.28. The molecule has 0 fully saturated rings. The van der Waals surface area contributed by atoms with Crippen molar-refractivity contribution in [1.29, 1.82) is 0 Å². The summed E-state index contributed by atoms with van der Waals surface area (Å²) in [6.45, 7) is -0.150. The second-order valence-electron chi connectivity index (χ2n) is 7.43. The zero-order chi connectivity index (χ0) is 23.4. The van der Waals surface area contributed by atoms with Gasteiger partial charge >= 0.3 is 0 Å². The first kappa shape index (κ1) is 22.3. The van der Waals surface area contributed by atoms with Gasteiger partial charge in [-0.05, 0) is 29.7 Å². The number of methoxy groups -OCH3 is 1. The average Bonchev–Trinajstić information content (AvgIpc) is 3.29. The van der Waals surface area contributed by atoms with Crippen molar-refractivity contribution in [2.75, 3.05) is 33.1 Å². The summed E-state index contributed by atoms with van der Waals surface area (Å²) in [5.74, 6) is 0.579. The van der Waals surface area contributed by atoms with Crippen LogP contribution in [0.5, 0.6) is 11.5 Å². The lowest BCUT2D eigenvalue weighted by molar-refractivity contribution is -0.130. The molecule has 0 radical (unpaired) electrons. The lowest BCUT2D eigenvalue weighted by Gasteiger charge is -2.13. The van der Waals surface area contributed by atoms with Gasteiger partial charge in [-0.3, -0.25) is 14.9 Å². The molecule has 4 aromatic rings. The van der Waals surface area contributed by atoms with E-state index < -0.39 is 0 Å². The van der Waals surface area contributed by atoms with Crippen LogP contribution in [0.25, 0.3) is 22.0 Å². The van der Waals surface area contributed by atoms with E-state index in [2.05, 4.69) is 10.3 Å². The molecule has 0 atom stereocenters. The third kappa shape index (κ3) is 4.80. The van der Waals surface area contributed by atoms with Crippen molar-refractivity contribution >= 4 is 39.1 Å². The average molecular weight is 462 g/mol. The van der Waals surface area contributed by atoms with Gasteiger partial charge in [-0.25, -0.2) is 4.98 Å². The van der Waals surface area contributed by atoms with E-state index in [9.17, 15) is 9.59 Å². The Morgan fingerprint density at radius 1 is 0.970 bits per heavy atom. The number of nitrogens with one attached hydrogen (secondary N) is 1. The number of fused-ring (bicyclic) bond motifs is 1. The number of amides is 2. The van der Waals surface area contributed by atoms with Crippen molar-refractivity contribution in [1.82, 2.24) is 9.88 Å². The van der Waals surface area contributed by atoms with Gasteiger partial charge in [0.05, 0.1) is 18.4 Å². The quantitative estimate of drug-likeness (QED) is 0.432. The number of aromatic nitrogens is 1. The van der Waals surface area contributed by atoms with Crippen LogP contribution in [0.3, 0.4) is 0 Å². The zero-order valence-corrected chi connectivity index (χ0v) is 19.3. The third-order valence-corrected chi connectivity index (χ3v) is 5.84. The Labute approximate surface area is 195 Å². The number of thiazole rings is 1. The standard InChI is InChI=1S/C25H23N3O4S/c1-28(2)23(29)14-32-22-11-7-6-10-19(22)24(30)27-25-26-20(15-33-25)17-12-13-21(31-3)18-9-5-4-8-16(17)18/h4-13,15H,14H2,1-3H3,(H,26,27,30). The highest BCUT2D eigenvalue weighted by atomic mass is 32.1. The molecule has 0 spiro atoms. The molecular formula is C25H23N3O4S. The number of para-hydroxylation sites is 1. The second kappa shape index (κ2) is 9.70. The van der Waals surface area contributed by atoms with Gasteiger partial charge in [0.1, 0.15) is 11.5 Å². The van der Waals surface area contributed by atoms with Crippen LogP contribution in [0.2, 0.25) is 0 Å². The molecule has 4 rings (SSSR count). The summed E-state index contributed by atoms with van der Waals surface area (Å²) in [6, 6.07) is 18.6. The van der Waals surface area contributed by atoms with E-state index >= 15 is 0 Å². The highest BCUT2D eigenvalue weighted by molar-refractivity contribution is 7.14. The molecule has 1 heterocycles. The minimum absolute atomic E-state index is 0.150. The topological polar surface area (TPSA) is 80.8 Å². The molecule has 0 aliphatic heterocycles. The highest BCUT2D eigenvalue weighted by Crippen LogP contribution is 2.35. The van der Waals surface area contributed by atoms with Crippen LogP contribution in [0.4, 0.5) is 5.13 Å². The van der Waals surface area contributed by atoms with Crippen LogP contribution in [0, 0.1) is 0 Å². The van der Waals surface area contributed by atoms with Crippen LogP contribution >= 0.6 is 11.3 Å². The van der Waals surface area contributed by atoms with Crippen LogP contribution in [-0.2, 0) is 4.79 Å². The van der Waals surface area contributed by atoms with Gasteiger partial charge in [0.25, 0.3) is 11.8 Å². The van der Waals surface area contributed by atoms with Crippen molar-refractivity contribution in [2.24, 2.45) is 0 Å². The first-order valence-electron chi connectivity index (χ1n) is 10.2. The Kier molecular flexibility index (Phi) is 6.55. The molecule has 0 saturated carbocycles. The largest absolute Gasteiger partial charge is 0.496 e. The normalized spacial score (nSPS) is 10.6. The maximum absolute atomic E-state index is 12.9. The minimum atomic E-state index is -0.358. The van der Waals surface area contributed by atoms with E-state index in [4.69, 9.17) is 9.47 Å². The Morgan fingerprint density at radius 3 is 2.45 bits per heavy atom. The molecule has 33 heavy (non-hydrogen) atoms. The SMILES string of the molecule is COc1ccc(-c2csc(NC(=O)c3ccccc3OCC(=O)N(C)C)n2)c2ccccc12. The van der Waals surface area contributed by atoms with Gasteiger partial charge in [0.15, 0.2) is 11.7 Å². The van der Waals surface area contributed by atoms with Crippen molar-refractivity contribution < 1.29 is 19.1 Å².